The van der Waals surface area contributed by atoms with Crippen molar-refractivity contribution in [1.82, 2.24) is 10.2 Å². The van der Waals surface area contributed by atoms with Gasteiger partial charge >= 0.3 is 0 Å². The van der Waals surface area contributed by atoms with Gasteiger partial charge in [0.1, 0.15) is 23.1 Å². The highest BCUT2D eigenvalue weighted by Crippen LogP contribution is 2.47. The van der Waals surface area contributed by atoms with Crippen molar-refractivity contribution in [3.8, 4) is 34.7 Å². The van der Waals surface area contributed by atoms with Crippen LogP contribution in [0.4, 0.5) is 0 Å². The molecule has 0 spiro atoms. The number of fused-ring (bicyclic) bond motifs is 1. The minimum Gasteiger partial charge on any atom is -0.494 e. The summed E-state index contributed by atoms with van der Waals surface area (Å²) in [5.74, 6) is 1.43. The number of ether oxygens (including phenoxy) is 3. The van der Waals surface area contributed by atoms with Crippen molar-refractivity contribution in [2.45, 2.75) is 26.2 Å². The van der Waals surface area contributed by atoms with Crippen LogP contribution >= 0.6 is 0 Å². The van der Waals surface area contributed by atoms with Crippen LogP contribution in [0, 0.1) is 11.3 Å². The molecule has 0 radical (unpaired) electrons. The van der Waals surface area contributed by atoms with Gasteiger partial charge in [0.05, 0.1) is 30.4 Å². The second-order valence-corrected chi connectivity index (χ2v) is 7.09. The minimum atomic E-state index is -0.470. The maximum Gasteiger partial charge on any atom is 0.244 e. The number of H-pyrrole nitrogens is 1. The van der Waals surface area contributed by atoms with E-state index in [4.69, 9.17) is 19.9 Å². The summed E-state index contributed by atoms with van der Waals surface area (Å²) in [6.07, 6.45) is 0.875. The van der Waals surface area contributed by atoms with Crippen LogP contribution in [0.15, 0.2) is 60.0 Å². The van der Waals surface area contributed by atoms with E-state index in [-0.39, 0.29) is 5.88 Å². The highest BCUT2D eigenvalue weighted by atomic mass is 16.5. The minimum absolute atomic E-state index is 0.0510. The average Bonchev–Trinajstić information content (AvgIpc) is 3.21. The van der Waals surface area contributed by atoms with Crippen molar-refractivity contribution in [1.29, 1.82) is 5.26 Å². The van der Waals surface area contributed by atoms with Crippen LogP contribution in [0.1, 0.15) is 37.3 Å². The summed E-state index contributed by atoms with van der Waals surface area (Å²) in [5.41, 5.74) is 9.68. The number of aromatic amines is 1. The van der Waals surface area contributed by atoms with Crippen LogP contribution in [0.5, 0.6) is 17.4 Å². The molecule has 0 saturated heterocycles. The summed E-state index contributed by atoms with van der Waals surface area (Å²) in [6.45, 7) is 5.16. The summed E-state index contributed by atoms with van der Waals surface area (Å²) in [7, 11) is 0. The summed E-state index contributed by atoms with van der Waals surface area (Å²) in [4.78, 5) is 0. The van der Waals surface area contributed by atoms with Gasteiger partial charge in [0.15, 0.2) is 0 Å². The normalized spacial score (nSPS) is 15.1. The zero-order valence-corrected chi connectivity index (χ0v) is 17.5. The number of nitrogens with zero attached hydrogens (tertiary/aromatic N) is 2. The summed E-state index contributed by atoms with van der Waals surface area (Å²) in [6, 6.07) is 17.6. The molecule has 7 nitrogen and oxygen atoms in total. The van der Waals surface area contributed by atoms with Gasteiger partial charge in [-0.3, -0.25) is 5.10 Å². The van der Waals surface area contributed by atoms with Crippen LogP contribution in [0.25, 0.3) is 11.3 Å². The fraction of sp³-hybridized carbons (Fsp3) is 0.250. The first-order valence-corrected chi connectivity index (χ1v) is 10.3. The molecule has 0 unspecified atom stereocenters. The monoisotopic (exact) mass is 416 g/mol. The van der Waals surface area contributed by atoms with Crippen molar-refractivity contribution < 1.29 is 14.2 Å². The molecule has 0 fully saturated rings. The first-order chi connectivity index (χ1) is 15.2. The second-order valence-electron chi connectivity index (χ2n) is 7.09. The lowest BCUT2D eigenvalue weighted by atomic mass is 9.82. The maximum atomic E-state index is 9.92. The lowest BCUT2D eigenvalue weighted by molar-refractivity contribution is 0.312. The Kier molecular flexibility index (Phi) is 5.80. The average molecular weight is 416 g/mol. The number of hydrogen-bond donors (Lipinski definition) is 2. The smallest absolute Gasteiger partial charge is 0.244 e. The predicted molar refractivity (Wildman–Crippen MR) is 117 cm³/mol. The topological polar surface area (TPSA) is 106 Å². The highest BCUT2D eigenvalue weighted by Gasteiger charge is 2.37. The number of nitrogens with one attached hydrogen (secondary N) is 1. The first kappa shape index (κ1) is 20.4. The van der Waals surface area contributed by atoms with Gasteiger partial charge in [-0.25, -0.2) is 0 Å². The number of allylic oxidation sites excluding steroid dienone is 1. The molecule has 4 rings (SSSR count). The van der Waals surface area contributed by atoms with E-state index in [2.05, 4.69) is 16.3 Å². The molecule has 0 saturated carbocycles. The SMILES string of the molecule is CCCOc1ccccc1[C@@H]1C(C#N)=C(N)Oc2n[nH]c(-c3ccc(OCC)cc3)c21. The van der Waals surface area contributed by atoms with Crippen molar-refractivity contribution in [3.63, 3.8) is 0 Å². The molecule has 0 bridgehead atoms. The molecule has 0 amide bonds. The van der Waals surface area contributed by atoms with Gasteiger partial charge < -0.3 is 19.9 Å². The molecule has 1 aromatic heterocycles. The quantitative estimate of drug-likeness (QED) is 0.588. The van der Waals surface area contributed by atoms with E-state index in [1.807, 2.05) is 62.4 Å². The molecule has 31 heavy (non-hydrogen) atoms. The van der Waals surface area contributed by atoms with Gasteiger partial charge in [-0.15, -0.1) is 5.10 Å². The van der Waals surface area contributed by atoms with E-state index < -0.39 is 5.92 Å². The summed E-state index contributed by atoms with van der Waals surface area (Å²) >= 11 is 0. The van der Waals surface area contributed by atoms with Crippen LogP contribution in [0.2, 0.25) is 0 Å². The third-order valence-electron chi connectivity index (χ3n) is 5.08. The Morgan fingerprint density at radius 1 is 1.13 bits per heavy atom. The largest absolute Gasteiger partial charge is 0.494 e. The molecular formula is C24H24N4O3. The van der Waals surface area contributed by atoms with E-state index in [9.17, 15) is 5.26 Å². The Hall–Kier alpha value is -3.92. The second kappa shape index (κ2) is 8.84. The molecule has 2 aromatic carbocycles. The van der Waals surface area contributed by atoms with Gasteiger partial charge in [0.2, 0.25) is 11.8 Å². The number of para-hydroxylation sites is 1. The number of nitriles is 1. The Balaban J connectivity index is 1.86. The van der Waals surface area contributed by atoms with Crippen molar-refractivity contribution >= 4 is 0 Å². The highest BCUT2D eigenvalue weighted by molar-refractivity contribution is 5.72. The van der Waals surface area contributed by atoms with Gasteiger partial charge in [0, 0.05) is 11.1 Å². The molecule has 2 heterocycles. The molecule has 1 aliphatic heterocycles. The maximum absolute atomic E-state index is 9.92. The van der Waals surface area contributed by atoms with Crippen LogP contribution < -0.4 is 19.9 Å². The molecule has 1 aliphatic rings. The third-order valence-corrected chi connectivity index (χ3v) is 5.08. The Bertz CT molecular complexity index is 1140. The van der Waals surface area contributed by atoms with Crippen molar-refractivity contribution in [2.24, 2.45) is 5.73 Å². The van der Waals surface area contributed by atoms with E-state index in [1.165, 1.54) is 0 Å². The molecule has 158 valence electrons. The van der Waals surface area contributed by atoms with Gasteiger partial charge in [-0.05, 0) is 43.7 Å². The van der Waals surface area contributed by atoms with Crippen molar-refractivity contribution in [2.75, 3.05) is 13.2 Å². The van der Waals surface area contributed by atoms with E-state index in [0.29, 0.717) is 30.4 Å². The molecule has 3 aromatic rings. The molecular weight excluding hydrogens is 392 g/mol. The van der Waals surface area contributed by atoms with Gasteiger partial charge in [-0.1, -0.05) is 25.1 Å². The zero-order valence-electron chi connectivity index (χ0n) is 17.5. The summed E-state index contributed by atoms with van der Waals surface area (Å²) in [5, 5.41) is 17.3. The predicted octanol–water partition coefficient (Wildman–Crippen LogP) is 4.48. The number of aromatic nitrogens is 2. The van der Waals surface area contributed by atoms with Crippen molar-refractivity contribution in [3.05, 3.63) is 71.1 Å². The van der Waals surface area contributed by atoms with E-state index in [1.54, 1.807) is 0 Å². The number of benzene rings is 2. The van der Waals surface area contributed by atoms with E-state index in [0.717, 1.165) is 34.6 Å². The zero-order chi connectivity index (χ0) is 21.8. The Labute approximate surface area is 181 Å². The Morgan fingerprint density at radius 3 is 2.61 bits per heavy atom. The first-order valence-electron chi connectivity index (χ1n) is 10.3. The van der Waals surface area contributed by atoms with Gasteiger partial charge in [-0.2, -0.15) is 5.26 Å². The lowest BCUT2D eigenvalue weighted by Crippen LogP contribution is -2.21. The number of hydrogen-bond acceptors (Lipinski definition) is 6. The molecule has 1 atom stereocenters. The fourth-order valence-corrected chi connectivity index (χ4v) is 3.72. The number of nitrogens with two attached hydrogens (primary N) is 1. The fourth-order valence-electron chi connectivity index (χ4n) is 3.72. The van der Waals surface area contributed by atoms with E-state index >= 15 is 0 Å². The molecule has 3 N–H and O–H groups in total. The van der Waals surface area contributed by atoms with Crippen LogP contribution in [-0.2, 0) is 0 Å². The van der Waals surface area contributed by atoms with Crippen LogP contribution in [0.3, 0.4) is 0 Å². The molecule has 7 heteroatoms. The Morgan fingerprint density at radius 2 is 1.90 bits per heavy atom. The van der Waals surface area contributed by atoms with Crippen LogP contribution in [-0.4, -0.2) is 23.4 Å². The lowest BCUT2D eigenvalue weighted by Gasteiger charge is -2.25. The molecule has 0 aliphatic carbocycles. The standard InChI is InChI=1S/C24H24N4O3/c1-3-13-30-19-8-6-5-7-17(19)20-18(14-25)23(26)31-24-21(20)22(27-28-24)15-9-11-16(12-10-15)29-4-2/h5-12,20H,3-4,13,26H2,1-2H3,(H,27,28)/t20-/m1/s1. The van der Waals surface area contributed by atoms with Gasteiger partial charge in [0.25, 0.3) is 0 Å². The third kappa shape index (κ3) is 3.80. The summed E-state index contributed by atoms with van der Waals surface area (Å²) < 4.78 is 17.2. The number of rotatable bonds is 7.